The van der Waals surface area contributed by atoms with Gasteiger partial charge < -0.3 is 0 Å². The molecule has 1 saturated heterocycles. The number of likely N-dealkylation sites (tertiary alicyclic amines) is 1. The van der Waals surface area contributed by atoms with Crippen LogP contribution in [0.25, 0.3) is 0 Å². The summed E-state index contributed by atoms with van der Waals surface area (Å²) in [5.41, 5.74) is 2.15. The van der Waals surface area contributed by atoms with Crippen molar-refractivity contribution in [3.05, 3.63) is 65.5 Å². The van der Waals surface area contributed by atoms with Crippen molar-refractivity contribution in [2.24, 2.45) is 5.92 Å². The van der Waals surface area contributed by atoms with E-state index in [4.69, 9.17) is 0 Å². The van der Waals surface area contributed by atoms with Crippen LogP contribution in [0.15, 0.2) is 48.5 Å². The summed E-state index contributed by atoms with van der Waals surface area (Å²) >= 11 is -2.39. The van der Waals surface area contributed by atoms with Gasteiger partial charge in [0.05, 0.1) is 0 Å². The molecule has 0 radical (unpaired) electrons. The summed E-state index contributed by atoms with van der Waals surface area (Å²) in [5, 5.41) is 0. The summed E-state index contributed by atoms with van der Waals surface area (Å²) in [6.07, 6.45) is 11.1. The molecule has 2 nitrogen and oxygen atoms in total. The number of piperidine rings is 1. The first kappa shape index (κ1) is 29.4. The summed E-state index contributed by atoms with van der Waals surface area (Å²) in [6.45, 7) is 10.1. The number of hydrogen-bond donors (Lipinski definition) is 0. The van der Waals surface area contributed by atoms with E-state index in [2.05, 4.69) is 49.9 Å². The van der Waals surface area contributed by atoms with Gasteiger partial charge in [-0.25, -0.2) is 4.39 Å². The van der Waals surface area contributed by atoms with Crippen LogP contribution in [0.5, 0.6) is 0 Å². The van der Waals surface area contributed by atoms with Crippen molar-refractivity contribution in [3.63, 3.8) is 0 Å². The molecule has 0 aliphatic carbocycles. The monoisotopic (exact) mass is 601 g/mol. The first-order chi connectivity index (χ1) is 17.5. The molecule has 198 valence electrons. The molecule has 0 aromatic heterocycles. The van der Waals surface area contributed by atoms with E-state index in [0.717, 1.165) is 38.9 Å². The SMILES string of the molecule is CCC[CH2][Sn]([CH2]CCC)([CH2]CCC)[c]1cccc(CCN2CCC(C(=O)c3ccc(F)cc3)CC2)c1. The number of Topliss-reactive ketones (excluding diaryl/α,β-unsaturated/α-hetero) is 1. The average molecular weight is 600 g/mol. The maximum absolute atomic E-state index is 13.2. The number of carbonyl (C=O) groups is 1. The van der Waals surface area contributed by atoms with Crippen molar-refractivity contribution >= 4 is 27.7 Å². The van der Waals surface area contributed by atoms with Gasteiger partial charge in [-0.2, -0.15) is 0 Å². The fourth-order valence-electron chi connectivity index (χ4n) is 5.97. The number of nitrogens with zero attached hydrogens (tertiary/aromatic N) is 1. The molecule has 0 amide bonds. The number of hydrogen-bond acceptors (Lipinski definition) is 2. The quantitative estimate of drug-likeness (QED) is 0.153. The van der Waals surface area contributed by atoms with Crippen molar-refractivity contribution in [3.8, 4) is 0 Å². The fraction of sp³-hybridized carbons (Fsp3) is 0.594. The third kappa shape index (κ3) is 8.41. The van der Waals surface area contributed by atoms with Crippen LogP contribution in [0, 0.1) is 11.7 Å². The first-order valence-electron chi connectivity index (χ1n) is 14.6. The third-order valence-electron chi connectivity index (χ3n) is 8.37. The standard InChI is InChI=1S/C20H21FNO.3C4H9.Sn/c21-19-8-6-17(7-9-19)20(23)18-11-14-22(15-12-18)13-10-16-4-2-1-3-5-16;3*1-3-4-2;/h1-2,4-9,18H,10-15H2;3*1,3-4H2,2H3;. The summed E-state index contributed by atoms with van der Waals surface area (Å²) in [4.78, 5) is 15.3. The summed E-state index contributed by atoms with van der Waals surface area (Å²) < 4.78 is 19.5. The summed E-state index contributed by atoms with van der Waals surface area (Å²) in [6, 6.07) is 15.8. The third-order valence-corrected chi connectivity index (χ3v) is 24.0. The molecule has 2 aromatic carbocycles. The van der Waals surface area contributed by atoms with Gasteiger partial charge in [-0.15, -0.1) is 0 Å². The minimum atomic E-state index is -2.39. The Morgan fingerprint density at radius 1 is 0.889 bits per heavy atom. The van der Waals surface area contributed by atoms with Crippen LogP contribution in [0.1, 0.15) is 88.1 Å². The van der Waals surface area contributed by atoms with Crippen LogP contribution in [-0.4, -0.2) is 48.7 Å². The van der Waals surface area contributed by atoms with E-state index in [0.29, 0.717) is 5.56 Å². The van der Waals surface area contributed by atoms with Crippen LogP contribution in [0.3, 0.4) is 0 Å². The van der Waals surface area contributed by atoms with Crippen molar-refractivity contribution in [2.45, 2.75) is 91.9 Å². The Kier molecular flexibility index (Phi) is 12.5. The van der Waals surface area contributed by atoms with Gasteiger partial charge in [-0.05, 0) is 12.1 Å². The molecule has 2 aromatic rings. The Morgan fingerprint density at radius 3 is 2.03 bits per heavy atom. The second kappa shape index (κ2) is 15.3. The molecule has 0 spiro atoms. The molecule has 4 heteroatoms. The van der Waals surface area contributed by atoms with Gasteiger partial charge in [0.25, 0.3) is 0 Å². The van der Waals surface area contributed by atoms with Crippen LogP contribution in [0.2, 0.25) is 13.3 Å². The van der Waals surface area contributed by atoms with Crippen LogP contribution in [0.4, 0.5) is 4.39 Å². The van der Waals surface area contributed by atoms with Crippen LogP contribution >= 0.6 is 0 Å². The van der Waals surface area contributed by atoms with Crippen LogP contribution < -0.4 is 3.58 Å². The summed E-state index contributed by atoms with van der Waals surface area (Å²) in [5.74, 6) is -0.0364. The van der Waals surface area contributed by atoms with E-state index in [1.165, 1.54) is 69.5 Å². The molecular weight excluding hydrogens is 552 g/mol. The van der Waals surface area contributed by atoms with E-state index >= 15 is 0 Å². The molecule has 0 atom stereocenters. The number of rotatable bonds is 15. The van der Waals surface area contributed by atoms with Gasteiger partial charge in [-0.3, -0.25) is 0 Å². The zero-order valence-electron chi connectivity index (χ0n) is 23.0. The normalized spacial score (nSPS) is 15.3. The average Bonchev–Trinajstić information content (AvgIpc) is 2.92. The van der Waals surface area contributed by atoms with E-state index in [-0.39, 0.29) is 17.5 Å². The van der Waals surface area contributed by atoms with Crippen molar-refractivity contribution in [2.75, 3.05) is 19.6 Å². The van der Waals surface area contributed by atoms with Gasteiger partial charge in [0.2, 0.25) is 0 Å². The van der Waals surface area contributed by atoms with E-state index in [1.54, 1.807) is 15.7 Å². The van der Waals surface area contributed by atoms with E-state index < -0.39 is 18.4 Å². The zero-order chi connectivity index (χ0) is 25.8. The Labute approximate surface area is 223 Å². The first-order valence-corrected chi connectivity index (χ1v) is 22.1. The Bertz CT molecular complexity index is 898. The minimum absolute atomic E-state index is 0.0698. The van der Waals surface area contributed by atoms with Gasteiger partial charge >= 0.3 is 202 Å². The molecule has 0 bridgehead atoms. The van der Waals surface area contributed by atoms with Gasteiger partial charge in [0, 0.05) is 0 Å². The maximum atomic E-state index is 13.2. The predicted octanol–water partition coefficient (Wildman–Crippen LogP) is 8.02. The number of benzene rings is 2. The molecule has 0 unspecified atom stereocenters. The molecule has 3 rings (SSSR count). The topological polar surface area (TPSA) is 20.3 Å². The Balaban J connectivity index is 1.60. The van der Waals surface area contributed by atoms with Gasteiger partial charge in [0.1, 0.15) is 5.82 Å². The number of halogens is 1. The number of ketones is 1. The Morgan fingerprint density at radius 2 is 1.47 bits per heavy atom. The molecule has 1 fully saturated rings. The van der Waals surface area contributed by atoms with Gasteiger partial charge in [0.15, 0.2) is 0 Å². The second-order valence-corrected chi connectivity index (χ2v) is 24.3. The van der Waals surface area contributed by atoms with Gasteiger partial charge in [-0.1, -0.05) is 0 Å². The molecule has 0 saturated carbocycles. The molecular formula is C32H48FNOSn. The predicted molar refractivity (Wildman–Crippen MR) is 155 cm³/mol. The number of carbonyl (C=O) groups excluding carboxylic acids is 1. The zero-order valence-corrected chi connectivity index (χ0v) is 25.9. The van der Waals surface area contributed by atoms with Crippen molar-refractivity contribution in [1.29, 1.82) is 0 Å². The van der Waals surface area contributed by atoms with Crippen LogP contribution in [-0.2, 0) is 6.42 Å². The Hall–Kier alpha value is -1.20. The van der Waals surface area contributed by atoms with E-state index in [1.807, 2.05) is 0 Å². The molecule has 36 heavy (non-hydrogen) atoms. The molecule has 1 heterocycles. The van der Waals surface area contributed by atoms with E-state index in [9.17, 15) is 9.18 Å². The van der Waals surface area contributed by atoms with Crippen molar-refractivity contribution in [1.82, 2.24) is 4.90 Å². The molecule has 1 aliphatic heterocycles. The number of unbranched alkanes of at least 4 members (excludes halogenated alkanes) is 3. The fourth-order valence-corrected chi connectivity index (χ4v) is 22.1. The molecule has 0 N–H and O–H groups in total. The second-order valence-electron chi connectivity index (χ2n) is 11.0. The molecule has 1 aliphatic rings. The van der Waals surface area contributed by atoms with Crippen molar-refractivity contribution < 1.29 is 9.18 Å². The summed E-state index contributed by atoms with van der Waals surface area (Å²) in [7, 11) is 0.